The van der Waals surface area contributed by atoms with Crippen molar-refractivity contribution >= 4 is 17.5 Å². The van der Waals surface area contributed by atoms with Gasteiger partial charge in [-0.3, -0.25) is 9.69 Å². The first-order valence-corrected chi connectivity index (χ1v) is 11.2. The molecule has 1 unspecified atom stereocenters. The summed E-state index contributed by atoms with van der Waals surface area (Å²) in [6.07, 6.45) is 3.82. The number of ether oxygens (including phenoxy) is 2. The lowest BCUT2D eigenvalue weighted by Gasteiger charge is -2.24. The summed E-state index contributed by atoms with van der Waals surface area (Å²) >= 11 is 0. The number of methoxy groups -OCH3 is 2. The monoisotopic (exact) mass is 460 g/mol. The average molecular weight is 461 g/mol. The fourth-order valence-corrected chi connectivity index (χ4v) is 4.19. The molecule has 1 saturated carbocycles. The van der Waals surface area contributed by atoms with E-state index < -0.39 is 5.54 Å². The van der Waals surface area contributed by atoms with Crippen LogP contribution < -0.4 is 20.1 Å². The first-order valence-electron chi connectivity index (χ1n) is 11.2. The zero-order chi connectivity index (χ0) is 24.5. The Morgan fingerprint density at radius 1 is 1.12 bits per heavy atom. The van der Waals surface area contributed by atoms with Gasteiger partial charge in [0.15, 0.2) is 11.5 Å². The number of hydrogen-bond acceptors (Lipinski definition) is 5. The number of nitrogens with zero attached hydrogens (tertiary/aromatic N) is 2. The Morgan fingerprint density at radius 3 is 2.32 bits per heavy atom. The van der Waals surface area contributed by atoms with Crippen molar-refractivity contribution in [3.05, 3.63) is 64.9 Å². The van der Waals surface area contributed by atoms with Crippen molar-refractivity contribution in [1.82, 2.24) is 15.5 Å². The van der Waals surface area contributed by atoms with Gasteiger partial charge in [-0.15, -0.1) is 0 Å². The average Bonchev–Trinajstić information content (AvgIpc) is 3.65. The molecule has 3 amide bonds. The fourth-order valence-electron chi connectivity index (χ4n) is 4.19. The van der Waals surface area contributed by atoms with E-state index in [0.717, 1.165) is 22.3 Å². The second kappa shape index (κ2) is 9.10. The van der Waals surface area contributed by atoms with E-state index in [1.54, 1.807) is 38.3 Å². The molecule has 0 aromatic heterocycles. The Morgan fingerprint density at radius 2 is 1.76 bits per heavy atom. The van der Waals surface area contributed by atoms with Gasteiger partial charge in [0.2, 0.25) is 0 Å². The highest BCUT2D eigenvalue weighted by Crippen LogP contribution is 2.39. The number of carbonyl (C=O) groups excluding carboxylic acids is 2. The Balaban J connectivity index is 1.76. The summed E-state index contributed by atoms with van der Waals surface area (Å²) in [5, 5.41) is 14.8. The molecule has 2 aromatic carbocycles. The first kappa shape index (κ1) is 23.2. The van der Waals surface area contributed by atoms with Crippen LogP contribution in [0.25, 0.3) is 5.57 Å². The maximum atomic E-state index is 12.7. The third-order valence-corrected chi connectivity index (χ3v) is 6.38. The van der Waals surface area contributed by atoms with Gasteiger partial charge in [0, 0.05) is 30.4 Å². The van der Waals surface area contributed by atoms with Crippen molar-refractivity contribution in [2.24, 2.45) is 0 Å². The predicted octanol–water partition coefficient (Wildman–Crippen LogP) is 3.46. The summed E-state index contributed by atoms with van der Waals surface area (Å²) in [7, 11) is 4.79. The van der Waals surface area contributed by atoms with Crippen molar-refractivity contribution in [3.63, 3.8) is 0 Å². The second-order valence-corrected chi connectivity index (χ2v) is 8.65. The molecule has 0 spiro atoms. The lowest BCUT2D eigenvalue weighted by Crippen LogP contribution is -2.40. The van der Waals surface area contributed by atoms with Crippen LogP contribution in [0.5, 0.6) is 11.5 Å². The zero-order valence-corrected chi connectivity index (χ0v) is 19.8. The highest BCUT2D eigenvalue weighted by atomic mass is 16.5. The molecule has 0 bridgehead atoms. The van der Waals surface area contributed by atoms with E-state index >= 15 is 0 Å². The van der Waals surface area contributed by atoms with E-state index in [9.17, 15) is 14.9 Å². The van der Waals surface area contributed by atoms with Gasteiger partial charge in [-0.25, -0.2) is 4.79 Å². The quantitative estimate of drug-likeness (QED) is 0.711. The molecule has 0 saturated heterocycles. The van der Waals surface area contributed by atoms with Gasteiger partial charge in [0.25, 0.3) is 5.91 Å². The van der Waals surface area contributed by atoms with Gasteiger partial charge < -0.3 is 20.1 Å². The van der Waals surface area contributed by atoms with Crippen molar-refractivity contribution in [2.75, 3.05) is 21.3 Å². The highest BCUT2D eigenvalue weighted by Gasteiger charge is 2.44. The molecule has 2 aromatic rings. The number of nitriles is 1. The molecule has 1 aliphatic carbocycles. The second-order valence-electron chi connectivity index (χ2n) is 8.65. The predicted molar refractivity (Wildman–Crippen MR) is 128 cm³/mol. The van der Waals surface area contributed by atoms with Crippen LogP contribution in [0.2, 0.25) is 0 Å². The van der Waals surface area contributed by atoms with Gasteiger partial charge in [-0.05, 0) is 67.1 Å². The van der Waals surface area contributed by atoms with Crippen molar-refractivity contribution in [3.8, 4) is 17.6 Å². The van der Waals surface area contributed by atoms with Crippen LogP contribution in [0.15, 0.2) is 42.6 Å². The van der Waals surface area contributed by atoms with Gasteiger partial charge in [0.1, 0.15) is 5.54 Å². The number of rotatable bonds is 5. The van der Waals surface area contributed by atoms with E-state index in [1.165, 1.54) is 0 Å². The van der Waals surface area contributed by atoms with Gasteiger partial charge in [0.05, 0.1) is 20.3 Å². The largest absolute Gasteiger partial charge is 0.493 e. The molecule has 1 fully saturated rings. The summed E-state index contributed by atoms with van der Waals surface area (Å²) in [5.74, 6) is 0.947. The topological polar surface area (TPSA) is 104 Å². The SMILES string of the molecule is CNC(=O)N1C=C(c2ccc(C(=O)NC3(C#N)CC3)cc2)c2cc(OC)c(OC)cc2CC1C. The van der Waals surface area contributed by atoms with Gasteiger partial charge in [-0.2, -0.15) is 5.26 Å². The number of hydrogen-bond donors (Lipinski definition) is 2. The van der Waals surface area contributed by atoms with Crippen molar-refractivity contribution in [2.45, 2.75) is 37.8 Å². The number of benzene rings is 2. The minimum absolute atomic E-state index is 0.0972. The molecule has 1 heterocycles. The van der Waals surface area contributed by atoms with E-state index in [4.69, 9.17) is 9.47 Å². The van der Waals surface area contributed by atoms with Crippen LogP contribution >= 0.6 is 0 Å². The molecule has 8 heteroatoms. The number of nitrogens with one attached hydrogen (secondary N) is 2. The van der Waals surface area contributed by atoms with Gasteiger partial charge in [-0.1, -0.05) is 12.1 Å². The molecule has 4 rings (SSSR count). The Labute approximate surface area is 199 Å². The van der Waals surface area contributed by atoms with Crippen LogP contribution in [0.1, 0.15) is 46.8 Å². The molecule has 34 heavy (non-hydrogen) atoms. The number of urea groups is 1. The van der Waals surface area contributed by atoms with Crippen LogP contribution in [0.3, 0.4) is 0 Å². The molecule has 1 aliphatic heterocycles. The Kier molecular flexibility index (Phi) is 6.20. The maximum absolute atomic E-state index is 12.7. The van der Waals surface area contributed by atoms with E-state index in [0.29, 0.717) is 36.3 Å². The number of fused-ring (bicyclic) bond motifs is 1. The standard InChI is InChI=1S/C26H28N4O4/c1-16-11-19-12-22(33-3)23(34-4)13-20(19)21(14-30(16)25(32)28-2)17-5-7-18(8-6-17)24(31)29-26(15-27)9-10-26/h5-8,12-14,16H,9-11H2,1-4H3,(H,28,32)(H,29,31). The van der Waals surface area contributed by atoms with Crippen LogP contribution in [0, 0.1) is 11.3 Å². The molecule has 0 radical (unpaired) electrons. The fraction of sp³-hybridized carbons (Fsp3) is 0.346. The smallest absolute Gasteiger partial charge is 0.321 e. The minimum Gasteiger partial charge on any atom is -0.493 e. The van der Waals surface area contributed by atoms with Gasteiger partial charge >= 0.3 is 6.03 Å². The lowest BCUT2D eigenvalue weighted by molar-refractivity contribution is 0.0941. The summed E-state index contributed by atoms with van der Waals surface area (Å²) in [6.45, 7) is 1.99. The Hall–Kier alpha value is -3.99. The molecule has 2 N–H and O–H groups in total. The maximum Gasteiger partial charge on any atom is 0.321 e. The summed E-state index contributed by atoms with van der Waals surface area (Å²) in [5.41, 5.74) is 3.37. The molecule has 8 nitrogen and oxygen atoms in total. The number of carbonyl (C=O) groups is 2. The Bertz CT molecular complexity index is 1190. The van der Waals surface area contributed by atoms with Crippen LogP contribution in [0.4, 0.5) is 4.79 Å². The molecular weight excluding hydrogens is 432 g/mol. The minimum atomic E-state index is -0.724. The highest BCUT2D eigenvalue weighted by molar-refractivity contribution is 5.96. The molecular formula is C26H28N4O4. The lowest BCUT2D eigenvalue weighted by atomic mass is 9.92. The summed E-state index contributed by atoms with van der Waals surface area (Å²) < 4.78 is 11.0. The van der Waals surface area contributed by atoms with Crippen molar-refractivity contribution < 1.29 is 19.1 Å². The third kappa shape index (κ3) is 4.29. The van der Waals surface area contributed by atoms with Crippen molar-refractivity contribution in [1.29, 1.82) is 5.26 Å². The summed E-state index contributed by atoms with van der Waals surface area (Å²) in [6, 6.07) is 12.9. The third-order valence-electron chi connectivity index (χ3n) is 6.38. The first-order chi connectivity index (χ1) is 16.3. The molecule has 2 aliphatic rings. The molecule has 176 valence electrons. The van der Waals surface area contributed by atoms with Crippen LogP contribution in [-0.2, 0) is 6.42 Å². The van der Waals surface area contributed by atoms with E-state index in [1.807, 2.05) is 37.4 Å². The van der Waals surface area contributed by atoms with E-state index in [-0.39, 0.29) is 18.0 Å². The van der Waals surface area contributed by atoms with Crippen LogP contribution in [-0.4, -0.2) is 49.7 Å². The zero-order valence-electron chi connectivity index (χ0n) is 19.8. The normalized spacial score (nSPS) is 17.9. The molecule has 1 atom stereocenters. The number of amides is 3. The van der Waals surface area contributed by atoms with E-state index in [2.05, 4.69) is 16.7 Å². The summed E-state index contributed by atoms with van der Waals surface area (Å²) in [4.78, 5) is 26.9.